The molecule has 0 aliphatic carbocycles. The van der Waals surface area contributed by atoms with Crippen LogP contribution < -0.4 is 5.32 Å². The van der Waals surface area contributed by atoms with Crippen LogP contribution in [0.5, 0.6) is 0 Å². The molecule has 0 saturated carbocycles. The summed E-state index contributed by atoms with van der Waals surface area (Å²) in [6.07, 6.45) is 0. The molecule has 2 heterocycles. The van der Waals surface area contributed by atoms with Crippen molar-refractivity contribution in [2.45, 2.75) is 19.5 Å². The van der Waals surface area contributed by atoms with Gasteiger partial charge >= 0.3 is 0 Å². The van der Waals surface area contributed by atoms with Crippen molar-refractivity contribution in [3.05, 3.63) is 15.5 Å². The van der Waals surface area contributed by atoms with Crippen LogP contribution in [0.4, 0.5) is 0 Å². The molecule has 14 heavy (non-hydrogen) atoms. The van der Waals surface area contributed by atoms with Gasteiger partial charge in [0.25, 0.3) is 0 Å². The van der Waals surface area contributed by atoms with E-state index in [-0.39, 0.29) is 0 Å². The molecule has 1 aliphatic rings. The van der Waals surface area contributed by atoms with Gasteiger partial charge in [-0.3, -0.25) is 4.90 Å². The average Bonchev–Trinajstić information content (AvgIpc) is 2.51. The summed E-state index contributed by atoms with van der Waals surface area (Å²) in [5.41, 5.74) is 1.09. The first kappa shape index (κ1) is 10.4. The zero-order valence-corrected chi connectivity index (χ0v) is 9.74. The highest BCUT2D eigenvalue weighted by Gasteiger charge is 2.16. The molecule has 0 bridgehead atoms. The van der Waals surface area contributed by atoms with Gasteiger partial charge < -0.3 is 5.32 Å². The number of rotatable bonds is 2. The van der Waals surface area contributed by atoms with Crippen molar-refractivity contribution < 1.29 is 0 Å². The van der Waals surface area contributed by atoms with Crippen LogP contribution in [0.15, 0.2) is 5.38 Å². The molecule has 0 radical (unpaired) electrons. The molecule has 1 saturated heterocycles. The quantitative estimate of drug-likeness (QED) is 0.838. The van der Waals surface area contributed by atoms with E-state index in [0.29, 0.717) is 10.5 Å². The molecule has 0 unspecified atom stereocenters. The van der Waals surface area contributed by atoms with Gasteiger partial charge in [0.2, 0.25) is 0 Å². The summed E-state index contributed by atoms with van der Waals surface area (Å²) in [4.78, 5) is 6.66. The molecular formula is C9H14ClN3S. The Bertz CT molecular complexity index is 302. The number of nitrogens with zero attached hydrogens (tertiary/aromatic N) is 2. The maximum Gasteiger partial charge on any atom is 0.183 e. The lowest BCUT2D eigenvalue weighted by Crippen LogP contribution is -2.48. The van der Waals surface area contributed by atoms with E-state index >= 15 is 0 Å². The van der Waals surface area contributed by atoms with Crippen LogP contribution in [0, 0.1) is 0 Å². The highest BCUT2D eigenvalue weighted by Crippen LogP contribution is 2.16. The summed E-state index contributed by atoms with van der Waals surface area (Å²) in [5.74, 6) is 0. The predicted octanol–water partition coefficient (Wildman–Crippen LogP) is 1.59. The van der Waals surface area contributed by atoms with Gasteiger partial charge in [-0.25, -0.2) is 4.98 Å². The van der Waals surface area contributed by atoms with Crippen molar-refractivity contribution >= 4 is 22.9 Å². The SMILES string of the molecule is C[C@H]1CN(Cc2csc(Cl)n2)CCN1. The third-order valence-electron chi connectivity index (χ3n) is 2.36. The largest absolute Gasteiger partial charge is 0.312 e. The number of aromatic nitrogens is 1. The van der Waals surface area contributed by atoms with Crippen LogP contribution in [-0.2, 0) is 6.54 Å². The molecule has 0 spiro atoms. The summed E-state index contributed by atoms with van der Waals surface area (Å²) < 4.78 is 0.642. The van der Waals surface area contributed by atoms with Crippen LogP contribution in [0.1, 0.15) is 12.6 Å². The Kier molecular flexibility index (Phi) is 3.38. The Hall–Kier alpha value is -0.160. The third-order valence-corrected chi connectivity index (χ3v) is 3.39. The molecule has 78 valence electrons. The highest BCUT2D eigenvalue weighted by atomic mass is 35.5. The first-order valence-corrected chi connectivity index (χ1v) is 6.05. The van der Waals surface area contributed by atoms with Crippen LogP contribution >= 0.6 is 22.9 Å². The van der Waals surface area contributed by atoms with Gasteiger partial charge in [0, 0.05) is 37.6 Å². The van der Waals surface area contributed by atoms with Gasteiger partial charge in [0.1, 0.15) is 0 Å². The molecule has 3 nitrogen and oxygen atoms in total. The van der Waals surface area contributed by atoms with Gasteiger partial charge in [-0.05, 0) is 6.92 Å². The molecule has 1 aromatic rings. The number of nitrogens with one attached hydrogen (secondary N) is 1. The highest BCUT2D eigenvalue weighted by molar-refractivity contribution is 7.13. The summed E-state index contributed by atoms with van der Waals surface area (Å²) in [6.45, 7) is 6.39. The van der Waals surface area contributed by atoms with Gasteiger partial charge in [0.05, 0.1) is 5.69 Å². The van der Waals surface area contributed by atoms with E-state index < -0.39 is 0 Å². The maximum atomic E-state index is 5.78. The minimum Gasteiger partial charge on any atom is -0.312 e. The second-order valence-electron chi connectivity index (χ2n) is 3.68. The van der Waals surface area contributed by atoms with Crippen LogP contribution in [0.3, 0.4) is 0 Å². The molecule has 1 N–H and O–H groups in total. The Morgan fingerprint density at radius 1 is 1.79 bits per heavy atom. The van der Waals surface area contributed by atoms with E-state index in [1.165, 1.54) is 11.3 Å². The fourth-order valence-corrected chi connectivity index (χ4v) is 2.51. The van der Waals surface area contributed by atoms with Gasteiger partial charge in [0.15, 0.2) is 4.47 Å². The zero-order valence-electron chi connectivity index (χ0n) is 8.16. The number of piperazine rings is 1. The molecular weight excluding hydrogens is 218 g/mol. The first-order chi connectivity index (χ1) is 6.74. The van der Waals surface area contributed by atoms with Crippen molar-refractivity contribution in [3.63, 3.8) is 0 Å². The molecule has 1 atom stereocenters. The van der Waals surface area contributed by atoms with Crippen LogP contribution in [0.25, 0.3) is 0 Å². The summed E-state index contributed by atoms with van der Waals surface area (Å²) in [5, 5.41) is 5.45. The monoisotopic (exact) mass is 231 g/mol. The fraction of sp³-hybridized carbons (Fsp3) is 0.667. The Morgan fingerprint density at radius 2 is 2.64 bits per heavy atom. The molecule has 5 heteroatoms. The van der Waals surface area contributed by atoms with Crippen molar-refractivity contribution in [3.8, 4) is 0 Å². The average molecular weight is 232 g/mol. The number of thiazole rings is 1. The van der Waals surface area contributed by atoms with E-state index in [2.05, 4.69) is 22.1 Å². The van der Waals surface area contributed by atoms with Gasteiger partial charge in [-0.15, -0.1) is 11.3 Å². The number of hydrogen-bond acceptors (Lipinski definition) is 4. The third kappa shape index (κ3) is 2.67. The van der Waals surface area contributed by atoms with Gasteiger partial charge in [-0.1, -0.05) is 11.6 Å². The van der Waals surface area contributed by atoms with Crippen molar-refractivity contribution in [1.29, 1.82) is 0 Å². The lowest BCUT2D eigenvalue weighted by molar-refractivity contribution is 0.198. The topological polar surface area (TPSA) is 28.2 Å². The fourth-order valence-electron chi connectivity index (χ4n) is 1.74. The van der Waals surface area contributed by atoms with Crippen molar-refractivity contribution in [2.24, 2.45) is 0 Å². The summed E-state index contributed by atoms with van der Waals surface area (Å²) >= 11 is 7.29. The van der Waals surface area contributed by atoms with Crippen molar-refractivity contribution in [1.82, 2.24) is 15.2 Å². The van der Waals surface area contributed by atoms with Crippen LogP contribution in [-0.4, -0.2) is 35.6 Å². The van der Waals surface area contributed by atoms with E-state index in [4.69, 9.17) is 11.6 Å². The minimum atomic E-state index is 0.581. The van der Waals surface area contributed by atoms with Gasteiger partial charge in [-0.2, -0.15) is 0 Å². The molecule has 1 aliphatic heterocycles. The summed E-state index contributed by atoms with van der Waals surface area (Å²) in [6, 6.07) is 0.581. The van der Waals surface area contributed by atoms with Crippen LogP contribution in [0.2, 0.25) is 4.47 Å². The smallest absolute Gasteiger partial charge is 0.183 e. The second kappa shape index (κ2) is 4.57. The molecule has 1 fully saturated rings. The Labute approximate surface area is 93.1 Å². The first-order valence-electron chi connectivity index (χ1n) is 4.79. The molecule has 2 rings (SSSR count). The lowest BCUT2D eigenvalue weighted by Gasteiger charge is -2.31. The second-order valence-corrected chi connectivity index (χ2v) is 5.12. The normalized spacial score (nSPS) is 24.0. The number of hydrogen-bond donors (Lipinski definition) is 1. The standard InChI is InChI=1S/C9H14ClN3S/c1-7-4-13(3-2-11-7)5-8-6-14-9(10)12-8/h6-7,11H,2-5H2,1H3/t7-/m0/s1. The Balaban J connectivity index is 1.90. The lowest BCUT2D eigenvalue weighted by atomic mass is 10.2. The van der Waals surface area contributed by atoms with E-state index in [0.717, 1.165) is 31.9 Å². The zero-order chi connectivity index (χ0) is 9.97. The minimum absolute atomic E-state index is 0.581. The predicted molar refractivity (Wildman–Crippen MR) is 59.9 cm³/mol. The summed E-state index contributed by atoms with van der Waals surface area (Å²) in [7, 11) is 0. The Morgan fingerprint density at radius 3 is 3.29 bits per heavy atom. The number of halogens is 1. The van der Waals surface area contributed by atoms with E-state index in [9.17, 15) is 0 Å². The molecule has 0 aromatic carbocycles. The molecule has 0 amide bonds. The van der Waals surface area contributed by atoms with E-state index in [1.807, 2.05) is 5.38 Å². The maximum absolute atomic E-state index is 5.78. The van der Waals surface area contributed by atoms with Crippen molar-refractivity contribution in [2.75, 3.05) is 19.6 Å². The van der Waals surface area contributed by atoms with E-state index in [1.54, 1.807) is 0 Å². The molecule has 1 aromatic heterocycles.